The van der Waals surface area contributed by atoms with E-state index in [1.54, 1.807) is 13.0 Å². The van der Waals surface area contributed by atoms with Crippen molar-refractivity contribution in [2.75, 3.05) is 6.54 Å². The molecule has 3 N–H and O–H groups in total. The van der Waals surface area contributed by atoms with Crippen LogP contribution >= 0.6 is 0 Å². The van der Waals surface area contributed by atoms with Crippen molar-refractivity contribution < 1.29 is 4.42 Å². The number of nitrogens with one attached hydrogen (secondary N) is 1. The lowest BCUT2D eigenvalue weighted by atomic mass is 9.99. The van der Waals surface area contributed by atoms with E-state index in [9.17, 15) is 4.79 Å². The Bertz CT molecular complexity index is 831. The van der Waals surface area contributed by atoms with Crippen LogP contribution in [0.1, 0.15) is 42.3 Å². The van der Waals surface area contributed by atoms with Gasteiger partial charge in [-0.2, -0.15) is 0 Å². The summed E-state index contributed by atoms with van der Waals surface area (Å²) in [6.07, 6.45) is 3.00. The molecule has 0 amide bonds. The fourth-order valence-electron chi connectivity index (χ4n) is 2.82. The highest BCUT2D eigenvalue weighted by atomic mass is 16.3. The molecule has 0 aliphatic carbocycles. The standard InChI is InChI=1S/C19H24N2O2/c1-6-14(10-20)18-12(4)17(22)16-9-11(3)8-15(19(16)23-18)13(5)21-7-2/h6,8-10,13,21H,1,7,20H2,2-5H3/b14-10+. The molecule has 4 nitrogen and oxygen atoms in total. The zero-order chi connectivity index (χ0) is 17.1. The van der Waals surface area contributed by atoms with Crippen LogP contribution in [0.25, 0.3) is 16.5 Å². The number of fused-ring (bicyclic) bond motifs is 1. The second kappa shape index (κ2) is 6.84. The third kappa shape index (κ3) is 3.08. The van der Waals surface area contributed by atoms with Gasteiger partial charge in [-0.3, -0.25) is 4.79 Å². The highest BCUT2D eigenvalue weighted by Gasteiger charge is 2.18. The number of hydrogen-bond donors (Lipinski definition) is 2. The summed E-state index contributed by atoms with van der Waals surface area (Å²) in [5.41, 5.74) is 9.38. The van der Waals surface area contributed by atoms with E-state index < -0.39 is 0 Å². The predicted octanol–water partition coefficient (Wildman–Crippen LogP) is 3.57. The van der Waals surface area contributed by atoms with Gasteiger partial charge in [-0.25, -0.2) is 0 Å². The van der Waals surface area contributed by atoms with Crippen LogP contribution in [0.2, 0.25) is 0 Å². The zero-order valence-corrected chi connectivity index (χ0v) is 14.2. The summed E-state index contributed by atoms with van der Waals surface area (Å²) >= 11 is 0. The molecule has 0 saturated carbocycles. The van der Waals surface area contributed by atoms with Crippen molar-refractivity contribution in [2.24, 2.45) is 5.73 Å². The van der Waals surface area contributed by atoms with E-state index >= 15 is 0 Å². The summed E-state index contributed by atoms with van der Waals surface area (Å²) in [6, 6.07) is 4.01. The number of rotatable bonds is 5. The van der Waals surface area contributed by atoms with Crippen LogP contribution in [0.4, 0.5) is 0 Å². The first-order valence-electron chi connectivity index (χ1n) is 7.80. The van der Waals surface area contributed by atoms with Gasteiger partial charge < -0.3 is 15.5 Å². The molecule has 122 valence electrons. The maximum absolute atomic E-state index is 12.8. The molecule has 0 aliphatic rings. The SMILES string of the molecule is C=C/C(=C\N)c1oc2c(C(C)NCC)cc(C)cc2c(=O)c1C. The summed E-state index contributed by atoms with van der Waals surface area (Å²) in [5, 5.41) is 3.97. The summed E-state index contributed by atoms with van der Waals surface area (Å²) < 4.78 is 6.11. The first kappa shape index (κ1) is 17.0. The van der Waals surface area contributed by atoms with Crippen molar-refractivity contribution in [3.05, 3.63) is 63.7 Å². The quantitative estimate of drug-likeness (QED) is 0.828. The fourth-order valence-corrected chi connectivity index (χ4v) is 2.82. The molecule has 1 unspecified atom stereocenters. The second-order valence-electron chi connectivity index (χ2n) is 5.72. The number of benzene rings is 1. The van der Waals surface area contributed by atoms with Crippen LogP contribution < -0.4 is 16.5 Å². The molecule has 0 spiro atoms. The first-order chi connectivity index (χ1) is 10.9. The lowest BCUT2D eigenvalue weighted by Gasteiger charge is -2.17. The molecule has 1 heterocycles. The maximum atomic E-state index is 12.8. The maximum Gasteiger partial charge on any atom is 0.196 e. The molecule has 0 radical (unpaired) electrons. The van der Waals surface area contributed by atoms with Crippen molar-refractivity contribution in [1.29, 1.82) is 0 Å². The molecule has 0 saturated heterocycles. The normalized spacial score (nSPS) is 13.3. The van der Waals surface area contributed by atoms with Crippen LogP contribution in [0.3, 0.4) is 0 Å². The highest BCUT2D eigenvalue weighted by Crippen LogP contribution is 2.28. The zero-order valence-electron chi connectivity index (χ0n) is 14.2. The lowest BCUT2D eigenvalue weighted by Crippen LogP contribution is -2.19. The molecule has 1 atom stereocenters. The van der Waals surface area contributed by atoms with Crippen LogP contribution in [0.15, 0.2) is 40.2 Å². The van der Waals surface area contributed by atoms with Crippen molar-refractivity contribution >= 4 is 16.5 Å². The van der Waals surface area contributed by atoms with Crippen LogP contribution in [-0.2, 0) is 0 Å². The minimum Gasteiger partial charge on any atom is -0.455 e. The predicted molar refractivity (Wildman–Crippen MR) is 96.4 cm³/mol. The molecular weight excluding hydrogens is 288 g/mol. The van der Waals surface area contributed by atoms with Crippen molar-refractivity contribution in [2.45, 2.75) is 33.7 Å². The van der Waals surface area contributed by atoms with E-state index in [0.717, 1.165) is 17.7 Å². The lowest BCUT2D eigenvalue weighted by molar-refractivity contribution is 0.552. The van der Waals surface area contributed by atoms with E-state index in [0.29, 0.717) is 27.9 Å². The topological polar surface area (TPSA) is 68.3 Å². The minimum absolute atomic E-state index is 0.0314. The van der Waals surface area contributed by atoms with Gasteiger partial charge in [-0.05, 0) is 38.9 Å². The van der Waals surface area contributed by atoms with Crippen molar-refractivity contribution in [3.63, 3.8) is 0 Å². The van der Waals surface area contributed by atoms with Crippen LogP contribution in [0.5, 0.6) is 0 Å². The number of nitrogens with two attached hydrogens (primary N) is 1. The van der Waals surface area contributed by atoms with Gasteiger partial charge in [0, 0.05) is 28.9 Å². The Morgan fingerprint density at radius 2 is 2.13 bits per heavy atom. The Balaban J connectivity index is 2.89. The molecule has 23 heavy (non-hydrogen) atoms. The molecule has 0 aliphatic heterocycles. The van der Waals surface area contributed by atoms with Gasteiger partial charge >= 0.3 is 0 Å². The molecule has 1 aromatic heterocycles. The summed E-state index contributed by atoms with van der Waals surface area (Å²) in [7, 11) is 0. The molecule has 1 aromatic carbocycles. The van der Waals surface area contributed by atoms with Gasteiger partial charge in [-0.1, -0.05) is 25.6 Å². The van der Waals surface area contributed by atoms with Gasteiger partial charge in [0.25, 0.3) is 0 Å². The first-order valence-corrected chi connectivity index (χ1v) is 7.80. The Kier molecular flexibility index (Phi) is 5.06. The third-order valence-corrected chi connectivity index (χ3v) is 4.03. The highest BCUT2D eigenvalue weighted by molar-refractivity contribution is 5.84. The van der Waals surface area contributed by atoms with Gasteiger partial charge in [0.2, 0.25) is 0 Å². The minimum atomic E-state index is -0.0314. The monoisotopic (exact) mass is 312 g/mol. The van der Waals surface area contributed by atoms with Crippen LogP contribution in [0, 0.1) is 13.8 Å². The van der Waals surface area contributed by atoms with Gasteiger partial charge in [0.05, 0.1) is 5.39 Å². The fraction of sp³-hybridized carbons (Fsp3) is 0.316. The number of allylic oxidation sites excluding steroid dienone is 2. The van der Waals surface area contributed by atoms with Crippen molar-refractivity contribution in [1.82, 2.24) is 5.32 Å². The second-order valence-corrected chi connectivity index (χ2v) is 5.72. The van der Waals surface area contributed by atoms with Crippen molar-refractivity contribution in [3.8, 4) is 0 Å². The molecule has 4 heteroatoms. The summed E-state index contributed by atoms with van der Waals surface area (Å²) in [4.78, 5) is 12.8. The molecule has 2 aromatic rings. The van der Waals surface area contributed by atoms with E-state index in [1.807, 2.05) is 19.9 Å². The van der Waals surface area contributed by atoms with Gasteiger partial charge in [0.15, 0.2) is 5.43 Å². The molecule has 2 rings (SSSR count). The Morgan fingerprint density at radius 1 is 1.43 bits per heavy atom. The van der Waals surface area contributed by atoms with Gasteiger partial charge in [-0.15, -0.1) is 0 Å². The Morgan fingerprint density at radius 3 is 2.70 bits per heavy atom. The molecule has 0 fully saturated rings. The summed E-state index contributed by atoms with van der Waals surface area (Å²) in [5.74, 6) is 0.480. The largest absolute Gasteiger partial charge is 0.455 e. The number of hydrogen-bond acceptors (Lipinski definition) is 4. The van der Waals surface area contributed by atoms with E-state index in [2.05, 4.69) is 24.9 Å². The van der Waals surface area contributed by atoms with E-state index in [-0.39, 0.29) is 11.5 Å². The smallest absolute Gasteiger partial charge is 0.196 e. The number of aryl methyl sites for hydroxylation is 1. The van der Waals surface area contributed by atoms with E-state index in [1.165, 1.54) is 6.20 Å². The Hall–Kier alpha value is -2.33. The Labute approximate surface area is 136 Å². The summed E-state index contributed by atoms with van der Waals surface area (Å²) in [6.45, 7) is 12.4. The van der Waals surface area contributed by atoms with Gasteiger partial charge in [0.1, 0.15) is 11.3 Å². The third-order valence-electron chi connectivity index (χ3n) is 4.03. The van der Waals surface area contributed by atoms with Crippen LogP contribution in [-0.4, -0.2) is 6.54 Å². The molecule has 0 bridgehead atoms. The average molecular weight is 312 g/mol. The molecular formula is C19H24N2O2. The average Bonchev–Trinajstić information content (AvgIpc) is 2.53. The van der Waals surface area contributed by atoms with E-state index in [4.69, 9.17) is 10.2 Å².